The average molecular weight is 459 g/mol. The van der Waals surface area contributed by atoms with E-state index in [4.69, 9.17) is 9.47 Å². The van der Waals surface area contributed by atoms with Crippen LogP contribution in [0.1, 0.15) is 49.7 Å². The van der Waals surface area contributed by atoms with Gasteiger partial charge >= 0.3 is 6.01 Å². The van der Waals surface area contributed by atoms with E-state index in [1.165, 1.54) is 0 Å². The van der Waals surface area contributed by atoms with E-state index in [9.17, 15) is 9.59 Å². The number of rotatable bonds is 4. The fourth-order valence-electron chi connectivity index (χ4n) is 4.38. The molecule has 0 amide bonds. The Morgan fingerprint density at radius 1 is 1.14 bits per heavy atom. The number of hydrogen-bond donors (Lipinski definition) is 0. The Kier molecular flexibility index (Phi) is 5.79. The molecule has 0 atom stereocenters. The maximum absolute atomic E-state index is 13.1. The number of aromatic nitrogens is 2. The molecular weight excluding hydrogens is 436 g/mol. The van der Waals surface area contributed by atoms with Crippen LogP contribution in [0, 0.1) is 5.41 Å². The van der Waals surface area contributed by atoms with Crippen molar-refractivity contribution in [1.29, 1.82) is 0 Å². The van der Waals surface area contributed by atoms with Crippen molar-refractivity contribution in [3.8, 4) is 11.8 Å². The summed E-state index contributed by atoms with van der Waals surface area (Å²) in [7, 11) is 0. The molecule has 1 saturated heterocycles. The molecule has 1 aromatic heterocycles. The number of aryl methyl sites for hydroxylation is 1. The molecule has 2 heterocycles. The zero-order chi connectivity index (χ0) is 20.4. The quantitative estimate of drug-likeness (QED) is 0.631. The van der Waals surface area contributed by atoms with Crippen LogP contribution in [0.15, 0.2) is 35.1 Å². The Hall–Kier alpha value is -2.12. The van der Waals surface area contributed by atoms with Crippen molar-refractivity contribution in [3.63, 3.8) is 0 Å². The highest BCUT2D eigenvalue weighted by molar-refractivity contribution is 9.10. The lowest BCUT2D eigenvalue weighted by atomic mass is 9.63. The topological polar surface area (TPSA) is 78.4 Å². The highest BCUT2D eigenvalue weighted by atomic mass is 79.9. The molecule has 7 heteroatoms. The van der Waals surface area contributed by atoms with E-state index in [1.807, 2.05) is 19.1 Å². The van der Waals surface area contributed by atoms with Crippen molar-refractivity contribution < 1.29 is 19.1 Å². The van der Waals surface area contributed by atoms with E-state index in [2.05, 4.69) is 25.9 Å². The molecule has 1 aliphatic carbocycles. The van der Waals surface area contributed by atoms with Gasteiger partial charge in [0.1, 0.15) is 23.2 Å². The number of carbonyl (C=O) groups is 2. The normalized spacial score (nSPS) is 19.5. The minimum atomic E-state index is -0.715. The minimum Gasteiger partial charge on any atom is -0.424 e. The van der Waals surface area contributed by atoms with Gasteiger partial charge in [-0.2, -0.15) is 0 Å². The number of Topliss-reactive ketones (excluding diaryl/α,β-unsaturated/α-hetero) is 2. The molecule has 2 aliphatic rings. The first kappa shape index (κ1) is 20.2. The van der Waals surface area contributed by atoms with Crippen LogP contribution in [0.4, 0.5) is 0 Å². The lowest BCUT2D eigenvalue weighted by Crippen LogP contribution is -2.42. The van der Waals surface area contributed by atoms with Crippen LogP contribution in [-0.2, 0) is 20.7 Å². The number of ether oxygens (including phenoxy) is 2. The van der Waals surface area contributed by atoms with Gasteiger partial charge in [0.2, 0.25) is 0 Å². The highest BCUT2D eigenvalue weighted by Crippen LogP contribution is 2.46. The van der Waals surface area contributed by atoms with Gasteiger partial charge in [-0.1, -0.05) is 13.0 Å². The van der Waals surface area contributed by atoms with Gasteiger partial charge in [0.25, 0.3) is 0 Å². The molecule has 6 nitrogen and oxygen atoms in total. The first-order valence-electron chi connectivity index (χ1n) is 9.91. The van der Waals surface area contributed by atoms with Crippen LogP contribution in [0.25, 0.3) is 0 Å². The van der Waals surface area contributed by atoms with Gasteiger partial charge in [-0.15, -0.1) is 0 Å². The number of benzene rings is 1. The summed E-state index contributed by atoms with van der Waals surface area (Å²) in [5, 5.41) is 0. The molecule has 2 fully saturated rings. The van der Waals surface area contributed by atoms with Crippen molar-refractivity contribution in [1.82, 2.24) is 9.97 Å². The SMILES string of the molecule is CCc1ccc(Oc2ncc(Br)cn2)cc1C1C(=O)CC2(CCOCC2)CC1=O. The molecule has 0 N–H and O–H groups in total. The second kappa shape index (κ2) is 8.32. The number of ketones is 2. The second-order valence-electron chi connectivity index (χ2n) is 7.83. The summed E-state index contributed by atoms with van der Waals surface area (Å²) in [6, 6.07) is 5.76. The summed E-state index contributed by atoms with van der Waals surface area (Å²) >= 11 is 3.29. The maximum Gasteiger partial charge on any atom is 0.321 e. The molecule has 0 unspecified atom stereocenters. The van der Waals surface area contributed by atoms with Crippen molar-refractivity contribution in [3.05, 3.63) is 46.2 Å². The van der Waals surface area contributed by atoms with E-state index in [0.29, 0.717) is 31.8 Å². The van der Waals surface area contributed by atoms with Gasteiger partial charge in [-0.05, 0) is 63.9 Å². The fraction of sp³-hybridized carbons (Fsp3) is 0.455. The highest BCUT2D eigenvalue weighted by Gasteiger charge is 2.46. The van der Waals surface area contributed by atoms with Gasteiger partial charge in [-0.25, -0.2) is 9.97 Å². The molecule has 1 aromatic carbocycles. The molecule has 4 rings (SSSR count). The Bertz CT molecular complexity index is 903. The zero-order valence-corrected chi connectivity index (χ0v) is 17.9. The largest absolute Gasteiger partial charge is 0.424 e. The first-order chi connectivity index (χ1) is 14.0. The Labute approximate surface area is 178 Å². The van der Waals surface area contributed by atoms with Crippen LogP contribution < -0.4 is 4.74 Å². The van der Waals surface area contributed by atoms with Crippen LogP contribution in [0.2, 0.25) is 0 Å². The predicted molar refractivity (Wildman–Crippen MR) is 110 cm³/mol. The minimum absolute atomic E-state index is 0.00916. The summed E-state index contributed by atoms with van der Waals surface area (Å²) in [6.07, 6.45) is 6.38. The summed E-state index contributed by atoms with van der Waals surface area (Å²) < 4.78 is 12.0. The molecule has 0 radical (unpaired) electrons. The number of nitrogens with zero attached hydrogens (tertiary/aromatic N) is 2. The molecule has 152 valence electrons. The molecule has 1 aliphatic heterocycles. The third-order valence-corrected chi connectivity index (χ3v) is 6.32. The van der Waals surface area contributed by atoms with Crippen LogP contribution in [0.5, 0.6) is 11.8 Å². The van der Waals surface area contributed by atoms with E-state index in [1.54, 1.807) is 18.5 Å². The van der Waals surface area contributed by atoms with Crippen LogP contribution in [0.3, 0.4) is 0 Å². The van der Waals surface area contributed by atoms with Crippen molar-refractivity contribution in [2.45, 2.75) is 44.9 Å². The van der Waals surface area contributed by atoms with Crippen LogP contribution in [-0.4, -0.2) is 34.7 Å². The standard InChI is InChI=1S/C22H23BrN2O4/c1-2-14-3-4-16(29-21-24-12-15(23)13-25-21)9-17(14)20-18(26)10-22(11-19(20)27)5-7-28-8-6-22/h3-4,9,12-13,20H,2,5-8,10-11H2,1H3. The second-order valence-corrected chi connectivity index (χ2v) is 8.75. The Morgan fingerprint density at radius 2 is 1.79 bits per heavy atom. The van der Waals surface area contributed by atoms with Crippen molar-refractivity contribution in [2.24, 2.45) is 5.41 Å². The van der Waals surface area contributed by atoms with Crippen molar-refractivity contribution >= 4 is 27.5 Å². The van der Waals surface area contributed by atoms with E-state index in [-0.39, 0.29) is 23.0 Å². The van der Waals surface area contributed by atoms with Gasteiger partial charge in [0.15, 0.2) is 0 Å². The number of halogens is 1. The van der Waals surface area contributed by atoms with E-state index >= 15 is 0 Å². The number of hydrogen-bond acceptors (Lipinski definition) is 6. The summed E-state index contributed by atoms with van der Waals surface area (Å²) in [4.78, 5) is 34.5. The molecule has 0 bridgehead atoms. The van der Waals surface area contributed by atoms with Crippen LogP contribution >= 0.6 is 15.9 Å². The Morgan fingerprint density at radius 3 is 2.41 bits per heavy atom. The molecule has 1 saturated carbocycles. The Balaban J connectivity index is 1.62. The zero-order valence-electron chi connectivity index (χ0n) is 16.3. The maximum atomic E-state index is 13.1. The molecule has 1 spiro atoms. The molecule has 2 aromatic rings. The van der Waals surface area contributed by atoms with Gasteiger partial charge in [-0.3, -0.25) is 9.59 Å². The summed E-state index contributed by atoms with van der Waals surface area (Å²) in [5.74, 6) is -0.177. The smallest absolute Gasteiger partial charge is 0.321 e. The van der Waals surface area contributed by atoms with Gasteiger partial charge < -0.3 is 9.47 Å². The summed E-state index contributed by atoms with van der Waals surface area (Å²) in [5.41, 5.74) is 1.53. The van der Waals surface area contributed by atoms with Gasteiger partial charge in [0, 0.05) is 38.4 Å². The predicted octanol–water partition coefficient (Wildman–Crippen LogP) is 4.41. The average Bonchev–Trinajstić information content (AvgIpc) is 2.70. The third kappa shape index (κ3) is 4.26. The monoisotopic (exact) mass is 458 g/mol. The lowest BCUT2D eigenvalue weighted by Gasteiger charge is -2.41. The number of carbonyl (C=O) groups excluding carboxylic acids is 2. The van der Waals surface area contributed by atoms with Crippen molar-refractivity contribution in [2.75, 3.05) is 13.2 Å². The van der Waals surface area contributed by atoms with E-state index in [0.717, 1.165) is 34.9 Å². The molecular formula is C22H23BrN2O4. The molecule has 29 heavy (non-hydrogen) atoms. The van der Waals surface area contributed by atoms with Gasteiger partial charge in [0.05, 0.1) is 4.47 Å². The lowest BCUT2D eigenvalue weighted by molar-refractivity contribution is -0.139. The summed E-state index contributed by atoms with van der Waals surface area (Å²) in [6.45, 7) is 3.28. The third-order valence-electron chi connectivity index (χ3n) is 5.91. The fourth-order valence-corrected chi connectivity index (χ4v) is 4.58. The first-order valence-corrected chi connectivity index (χ1v) is 10.7. The van der Waals surface area contributed by atoms with E-state index < -0.39 is 5.92 Å².